The lowest BCUT2D eigenvalue weighted by Crippen LogP contribution is -2.44. The van der Waals surface area contributed by atoms with Crippen LogP contribution in [0.4, 0.5) is 0 Å². The van der Waals surface area contributed by atoms with Gasteiger partial charge in [-0.1, -0.05) is 36.4 Å². The van der Waals surface area contributed by atoms with Gasteiger partial charge in [0.1, 0.15) is 0 Å². The van der Waals surface area contributed by atoms with E-state index < -0.39 is 31.0 Å². The Morgan fingerprint density at radius 1 is 0.966 bits per heavy atom. The Labute approximate surface area is 173 Å². The van der Waals surface area contributed by atoms with Crippen LogP contribution in [0.15, 0.2) is 53.4 Å². The van der Waals surface area contributed by atoms with Crippen molar-refractivity contribution < 1.29 is 16.8 Å². The van der Waals surface area contributed by atoms with Crippen LogP contribution in [-0.4, -0.2) is 51.6 Å². The summed E-state index contributed by atoms with van der Waals surface area (Å²) in [7, 11) is -5.35. The van der Waals surface area contributed by atoms with Gasteiger partial charge in [-0.25, -0.2) is 16.8 Å². The second kappa shape index (κ2) is 7.85. The predicted molar refractivity (Wildman–Crippen MR) is 114 cm³/mol. The lowest BCUT2D eigenvalue weighted by molar-refractivity contribution is 0.255. The van der Waals surface area contributed by atoms with E-state index in [4.69, 9.17) is 0 Å². The summed E-state index contributed by atoms with van der Waals surface area (Å²) in [6, 6.07) is 14.5. The minimum absolute atomic E-state index is 0.120. The average molecular weight is 434 g/mol. The zero-order chi connectivity index (χ0) is 20.6. The van der Waals surface area contributed by atoms with E-state index in [1.807, 2.05) is 48.3 Å². The minimum Gasteiger partial charge on any atom is -0.297 e. The van der Waals surface area contributed by atoms with Crippen LogP contribution in [0.2, 0.25) is 0 Å². The topological polar surface area (TPSA) is 71.5 Å². The highest BCUT2D eigenvalue weighted by Gasteiger charge is 2.47. The van der Waals surface area contributed by atoms with E-state index in [-0.39, 0.29) is 16.4 Å². The first-order chi connectivity index (χ1) is 13.8. The second-order valence-electron chi connectivity index (χ2n) is 8.27. The van der Waals surface area contributed by atoms with Crippen LogP contribution in [0.25, 0.3) is 0 Å². The van der Waals surface area contributed by atoms with E-state index in [9.17, 15) is 16.8 Å². The lowest BCUT2D eigenvalue weighted by atomic mass is 9.92. The average Bonchev–Trinajstić information content (AvgIpc) is 3.05. The molecule has 2 atom stereocenters. The molecule has 1 aliphatic carbocycles. The van der Waals surface area contributed by atoms with E-state index >= 15 is 0 Å². The highest BCUT2D eigenvalue weighted by atomic mass is 32.2. The summed E-state index contributed by atoms with van der Waals surface area (Å²) in [6.07, 6.45) is 4.07. The van der Waals surface area contributed by atoms with Crippen LogP contribution in [0, 0.1) is 0 Å². The molecular weight excluding hydrogens is 406 g/mol. The monoisotopic (exact) mass is 433 g/mol. The van der Waals surface area contributed by atoms with Crippen molar-refractivity contribution in [1.82, 2.24) is 4.90 Å². The fourth-order valence-electron chi connectivity index (χ4n) is 4.55. The van der Waals surface area contributed by atoms with Gasteiger partial charge in [-0.2, -0.15) is 0 Å². The Bertz CT molecular complexity index is 1090. The summed E-state index contributed by atoms with van der Waals surface area (Å²) >= 11 is 0. The largest absolute Gasteiger partial charge is 0.297 e. The van der Waals surface area contributed by atoms with Crippen molar-refractivity contribution >= 4 is 19.7 Å². The number of rotatable bonds is 5. The molecule has 0 amide bonds. The van der Waals surface area contributed by atoms with E-state index in [1.165, 1.54) is 5.56 Å². The Balaban J connectivity index is 1.65. The van der Waals surface area contributed by atoms with Gasteiger partial charge in [0.15, 0.2) is 19.7 Å². The number of nitrogens with zero attached hydrogens (tertiary/aromatic N) is 1. The van der Waals surface area contributed by atoms with Crippen molar-refractivity contribution in [2.75, 3.05) is 18.6 Å². The number of aryl methyl sites for hydroxylation is 2. The van der Waals surface area contributed by atoms with Crippen molar-refractivity contribution in [3.63, 3.8) is 0 Å². The first kappa shape index (κ1) is 20.6. The van der Waals surface area contributed by atoms with Gasteiger partial charge in [-0.3, -0.25) is 4.90 Å². The third-order valence-corrected chi connectivity index (χ3v) is 10.3. The molecule has 156 valence electrons. The maximum absolute atomic E-state index is 13.5. The molecule has 5 nitrogen and oxygen atoms in total. The molecule has 29 heavy (non-hydrogen) atoms. The van der Waals surface area contributed by atoms with Crippen LogP contribution in [0.1, 0.15) is 29.5 Å². The molecule has 2 aromatic rings. The molecule has 1 heterocycles. The van der Waals surface area contributed by atoms with Crippen molar-refractivity contribution in [2.45, 2.75) is 48.4 Å². The first-order valence-corrected chi connectivity index (χ1v) is 13.4. The number of hydrogen-bond donors (Lipinski definition) is 0. The van der Waals surface area contributed by atoms with Crippen molar-refractivity contribution in [1.29, 1.82) is 0 Å². The summed E-state index contributed by atoms with van der Waals surface area (Å²) in [5.74, 6) is -0.429. The Hall–Kier alpha value is -1.70. The molecule has 1 aliphatic heterocycles. The quantitative estimate of drug-likeness (QED) is 0.725. The molecule has 0 saturated carbocycles. The number of hydrogen-bond acceptors (Lipinski definition) is 5. The molecule has 1 fully saturated rings. The van der Waals surface area contributed by atoms with Crippen LogP contribution in [0.5, 0.6) is 0 Å². The fourth-order valence-corrected chi connectivity index (χ4v) is 9.51. The predicted octanol–water partition coefficient (Wildman–Crippen LogP) is 2.64. The molecular formula is C22H27NO4S2. The van der Waals surface area contributed by atoms with Crippen LogP contribution < -0.4 is 0 Å². The third-order valence-electron chi connectivity index (χ3n) is 6.16. The van der Waals surface area contributed by atoms with Gasteiger partial charge in [-0.15, -0.1) is 0 Å². The Morgan fingerprint density at radius 2 is 1.66 bits per heavy atom. The molecule has 0 radical (unpaired) electrons. The summed E-state index contributed by atoms with van der Waals surface area (Å²) in [4.78, 5) is 2.14. The van der Waals surface area contributed by atoms with Crippen LogP contribution in [0.3, 0.4) is 0 Å². The van der Waals surface area contributed by atoms with Gasteiger partial charge in [0.05, 0.1) is 21.7 Å². The summed E-state index contributed by atoms with van der Waals surface area (Å²) < 4.78 is 51.8. The number of sulfone groups is 2. The van der Waals surface area contributed by atoms with Crippen molar-refractivity contribution in [3.05, 3.63) is 65.2 Å². The Morgan fingerprint density at radius 3 is 2.38 bits per heavy atom. The molecule has 1 saturated heterocycles. The van der Waals surface area contributed by atoms with Gasteiger partial charge < -0.3 is 0 Å². The lowest BCUT2D eigenvalue weighted by Gasteiger charge is -2.28. The van der Waals surface area contributed by atoms with Gasteiger partial charge >= 0.3 is 0 Å². The molecule has 0 N–H and O–H groups in total. The standard InChI is InChI=1S/C22H27NO4S2/c1-23(14-17-7-3-2-4-8-17)21-15-28(24,25)16-22(21)29(26,27)20-12-11-18-9-5-6-10-19(18)13-20/h2-4,7-8,11-13,21-22H,5-6,9-10,14-16H2,1H3/t21-,22-/m0/s1. The summed E-state index contributed by atoms with van der Waals surface area (Å²) in [6.45, 7) is 0.511. The molecule has 0 spiro atoms. The molecule has 7 heteroatoms. The summed E-state index contributed by atoms with van der Waals surface area (Å²) in [5, 5.41) is -0.942. The molecule has 2 aromatic carbocycles. The maximum Gasteiger partial charge on any atom is 0.183 e. The molecule has 0 aromatic heterocycles. The van der Waals surface area contributed by atoms with Crippen LogP contribution >= 0.6 is 0 Å². The van der Waals surface area contributed by atoms with E-state index in [0.29, 0.717) is 6.54 Å². The molecule has 0 bridgehead atoms. The SMILES string of the molecule is CN(Cc1ccccc1)[C@H]1CS(=O)(=O)C[C@@H]1S(=O)(=O)c1ccc2c(c1)CCCC2. The second-order valence-corrected chi connectivity index (χ2v) is 12.6. The number of fused-ring (bicyclic) bond motifs is 1. The maximum atomic E-state index is 13.5. The third kappa shape index (κ3) is 4.27. The van der Waals surface area contributed by atoms with E-state index in [0.717, 1.165) is 36.8 Å². The van der Waals surface area contributed by atoms with Crippen LogP contribution in [-0.2, 0) is 39.1 Å². The van der Waals surface area contributed by atoms with Gasteiger partial charge in [0.25, 0.3) is 0 Å². The number of benzene rings is 2. The Kier molecular flexibility index (Phi) is 5.57. The first-order valence-electron chi connectivity index (χ1n) is 10.1. The molecule has 4 rings (SSSR count). The van der Waals surface area contributed by atoms with Crippen molar-refractivity contribution in [3.8, 4) is 0 Å². The van der Waals surface area contributed by atoms with Gasteiger partial charge in [0, 0.05) is 12.6 Å². The highest BCUT2D eigenvalue weighted by Crippen LogP contribution is 2.31. The van der Waals surface area contributed by atoms with Gasteiger partial charge in [-0.05, 0) is 61.6 Å². The van der Waals surface area contributed by atoms with E-state index in [1.54, 1.807) is 12.1 Å². The minimum atomic E-state index is -3.75. The summed E-state index contributed by atoms with van der Waals surface area (Å²) in [5.41, 5.74) is 3.34. The zero-order valence-electron chi connectivity index (χ0n) is 16.6. The molecule has 2 aliphatic rings. The van der Waals surface area contributed by atoms with Gasteiger partial charge in [0.2, 0.25) is 0 Å². The molecule has 0 unspecified atom stereocenters. The normalized spacial score (nSPS) is 23.8. The van der Waals surface area contributed by atoms with Crippen molar-refractivity contribution in [2.24, 2.45) is 0 Å². The smallest absolute Gasteiger partial charge is 0.183 e. The fraction of sp³-hybridized carbons (Fsp3) is 0.455. The zero-order valence-corrected chi connectivity index (χ0v) is 18.3. The van der Waals surface area contributed by atoms with E-state index in [2.05, 4.69) is 0 Å². The highest BCUT2D eigenvalue weighted by molar-refractivity contribution is 7.96.